The van der Waals surface area contributed by atoms with E-state index in [1.807, 2.05) is 13.0 Å². The van der Waals surface area contributed by atoms with Gasteiger partial charge in [-0.1, -0.05) is 0 Å². The van der Waals surface area contributed by atoms with E-state index in [9.17, 15) is 8.78 Å². The van der Waals surface area contributed by atoms with E-state index >= 15 is 0 Å². The third-order valence-electron chi connectivity index (χ3n) is 7.11. The van der Waals surface area contributed by atoms with Gasteiger partial charge in [-0.05, 0) is 33.2 Å². The number of rotatable bonds is 1. The van der Waals surface area contributed by atoms with Crippen LogP contribution in [0.15, 0.2) is 30.9 Å². The Morgan fingerprint density at radius 1 is 1.08 bits per heavy atom. The number of hydrogen-bond donors (Lipinski definition) is 1. The minimum Gasteiger partial charge on any atom is -0.488 e. The number of aryl methyl sites for hydroxylation is 1. The highest BCUT2D eigenvalue weighted by Crippen LogP contribution is 2.35. The van der Waals surface area contributed by atoms with Crippen LogP contribution in [0.5, 0.6) is 5.75 Å². The lowest BCUT2D eigenvalue weighted by Gasteiger charge is -2.35. The molecule has 6 rings (SSSR count). The third-order valence-corrected chi connectivity index (χ3v) is 7.11. The molecule has 6 heterocycles. The fourth-order valence-electron chi connectivity index (χ4n) is 5.16. The molecule has 13 heteroatoms. The van der Waals surface area contributed by atoms with E-state index in [-0.39, 0.29) is 17.0 Å². The average molecular weight is 526 g/mol. The molecular weight excluding hydrogens is 496 g/mol. The molecule has 1 atom stereocenters. The van der Waals surface area contributed by atoms with E-state index in [0.29, 0.717) is 59.7 Å². The Labute approximate surface area is 217 Å². The summed E-state index contributed by atoms with van der Waals surface area (Å²) < 4.78 is 42.3. The SMILES string of the molecule is Cc1cc2nc(n1)CCOCCN1CCCC1(C)COc1cnn(C(F)F)c1-c1cn3cc(nc3cn1)N2. The molecule has 11 nitrogen and oxygen atoms in total. The van der Waals surface area contributed by atoms with Crippen molar-refractivity contribution >= 4 is 17.3 Å². The summed E-state index contributed by atoms with van der Waals surface area (Å²) in [6.07, 6.45) is 8.81. The van der Waals surface area contributed by atoms with Crippen LogP contribution in [0.25, 0.3) is 17.0 Å². The van der Waals surface area contributed by atoms with Gasteiger partial charge in [-0.15, -0.1) is 0 Å². The van der Waals surface area contributed by atoms with Crippen LogP contribution < -0.4 is 10.1 Å². The average Bonchev–Trinajstić information content (AvgIpc) is 3.58. The molecule has 1 unspecified atom stereocenters. The highest BCUT2D eigenvalue weighted by Gasteiger charge is 2.37. The molecule has 1 fully saturated rings. The standard InChI is InChI=1S/C25H29F2N9O2/c1-16-10-20-31-19(30-16)4-8-37-9-7-35-6-3-5-25(35,2)15-38-18-11-29-36(24(26)27)23(18)17-13-34-14-21(32-20)33-22(34)12-28-17/h10-14,24H,3-9,15H2,1-2H3,(H,30,31,32). The van der Waals surface area contributed by atoms with Crippen molar-refractivity contribution in [2.24, 2.45) is 0 Å². The van der Waals surface area contributed by atoms with Crippen molar-refractivity contribution in [1.29, 1.82) is 0 Å². The van der Waals surface area contributed by atoms with Gasteiger partial charge in [-0.3, -0.25) is 4.90 Å². The summed E-state index contributed by atoms with van der Waals surface area (Å²) in [5.74, 6) is 2.09. The van der Waals surface area contributed by atoms with Crippen LogP contribution in [-0.4, -0.2) is 77.5 Å². The van der Waals surface area contributed by atoms with Crippen molar-refractivity contribution in [3.63, 3.8) is 0 Å². The minimum atomic E-state index is -2.85. The molecule has 2 aliphatic rings. The highest BCUT2D eigenvalue weighted by atomic mass is 19.3. The number of fused-ring (bicyclic) bond motifs is 7. The molecule has 1 N–H and O–H groups in total. The van der Waals surface area contributed by atoms with Gasteiger partial charge in [0.05, 0.1) is 37.3 Å². The topological polar surface area (TPSA) is 108 Å². The molecule has 4 aromatic heterocycles. The lowest BCUT2D eigenvalue weighted by Crippen LogP contribution is -2.47. The van der Waals surface area contributed by atoms with Crippen LogP contribution >= 0.6 is 0 Å². The van der Waals surface area contributed by atoms with Crippen LogP contribution in [0.4, 0.5) is 20.4 Å². The number of alkyl halides is 2. The normalized spacial score (nSPS) is 20.9. The Morgan fingerprint density at radius 2 is 1.97 bits per heavy atom. The number of hydrogen-bond acceptors (Lipinski definition) is 9. The third kappa shape index (κ3) is 4.78. The monoisotopic (exact) mass is 525 g/mol. The van der Waals surface area contributed by atoms with Crippen molar-refractivity contribution < 1.29 is 18.3 Å². The van der Waals surface area contributed by atoms with Gasteiger partial charge in [0.25, 0.3) is 0 Å². The van der Waals surface area contributed by atoms with Gasteiger partial charge < -0.3 is 19.2 Å². The molecular formula is C25H29F2N9O2. The first-order chi connectivity index (χ1) is 18.4. The molecule has 38 heavy (non-hydrogen) atoms. The summed E-state index contributed by atoms with van der Waals surface area (Å²) in [4.78, 5) is 20.5. The molecule has 0 aliphatic carbocycles. The molecule has 1 saturated heterocycles. The second kappa shape index (κ2) is 9.87. The van der Waals surface area contributed by atoms with Gasteiger partial charge >= 0.3 is 6.55 Å². The van der Waals surface area contributed by atoms with Gasteiger partial charge in [0.15, 0.2) is 17.2 Å². The minimum absolute atomic E-state index is 0.118. The predicted molar refractivity (Wildman–Crippen MR) is 135 cm³/mol. The number of nitrogens with zero attached hydrogens (tertiary/aromatic N) is 8. The predicted octanol–water partition coefficient (Wildman–Crippen LogP) is 3.64. The summed E-state index contributed by atoms with van der Waals surface area (Å²) >= 11 is 0. The first kappa shape index (κ1) is 24.6. The van der Waals surface area contributed by atoms with Crippen LogP contribution in [-0.2, 0) is 11.2 Å². The zero-order valence-electron chi connectivity index (χ0n) is 21.3. The van der Waals surface area contributed by atoms with Crippen LogP contribution in [0.3, 0.4) is 0 Å². The van der Waals surface area contributed by atoms with Crippen LogP contribution in [0, 0.1) is 6.92 Å². The maximum Gasteiger partial charge on any atom is 0.333 e. The number of aromatic nitrogens is 7. The Bertz CT molecular complexity index is 1460. The molecule has 0 aromatic carbocycles. The number of imidazole rings is 1. The second-order valence-electron chi connectivity index (χ2n) is 9.92. The van der Waals surface area contributed by atoms with E-state index in [0.717, 1.165) is 31.6 Å². The van der Waals surface area contributed by atoms with Gasteiger partial charge in [-0.2, -0.15) is 18.6 Å². The highest BCUT2D eigenvalue weighted by molar-refractivity contribution is 5.64. The largest absolute Gasteiger partial charge is 0.488 e. The quantitative estimate of drug-likeness (QED) is 0.399. The van der Waals surface area contributed by atoms with Crippen molar-refractivity contribution in [1.82, 2.24) is 39.0 Å². The van der Waals surface area contributed by atoms with E-state index in [2.05, 4.69) is 42.2 Å². The van der Waals surface area contributed by atoms with Crippen molar-refractivity contribution in [2.75, 3.05) is 38.2 Å². The Morgan fingerprint density at radius 3 is 2.84 bits per heavy atom. The first-order valence-corrected chi connectivity index (χ1v) is 12.7. The van der Waals surface area contributed by atoms with Crippen LogP contribution in [0.1, 0.15) is 37.8 Å². The van der Waals surface area contributed by atoms with Gasteiger partial charge in [0.1, 0.15) is 29.6 Å². The summed E-state index contributed by atoms with van der Waals surface area (Å²) in [6, 6.07) is 1.84. The summed E-state index contributed by atoms with van der Waals surface area (Å²) in [7, 11) is 0. The summed E-state index contributed by atoms with van der Waals surface area (Å²) in [5.41, 5.74) is 1.53. The van der Waals surface area contributed by atoms with Gasteiger partial charge in [0.2, 0.25) is 0 Å². The smallest absolute Gasteiger partial charge is 0.333 e. The summed E-state index contributed by atoms with van der Waals surface area (Å²) in [6.45, 7) is 4.25. The maximum absolute atomic E-state index is 13.9. The molecule has 0 saturated carbocycles. The number of halogens is 2. The van der Waals surface area contributed by atoms with Crippen LogP contribution in [0.2, 0.25) is 0 Å². The number of anilines is 2. The Balaban J connectivity index is 1.40. The van der Waals surface area contributed by atoms with Crippen molar-refractivity contribution in [2.45, 2.75) is 45.2 Å². The van der Waals surface area contributed by atoms with Crippen molar-refractivity contribution in [3.8, 4) is 17.1 Å². The lowest BCUT2D eigenvalue weighted by molar-refractivity contribution is 0.0493. The lowest BCUT2D eigenvalue weighted by atomic mass is 10.0. The molecule has 0 radical (unpaired) electrons. The molecule has 200 valence electrons. The van der Waals surface area contributed by atoms with Crippen molar-refractivity contribution in [3.05, 3.63) is 42.4 Å². The number of nitrogens with one attached hydrogen (secondary N) is 1. The number of ether oxygens (including phenoxy) is 2. The van der Waals surface area contributed by atoms with E-state index in [1.165, 1.54) is 12.4 Å². The maximum atomic E-state index is 13.9. The zero-order chi connectivity index (χ0) is 26.3. The Hall–Kier alpha value is -3.71. The molecule has 0 amide bonds. The van der Waals surface area contributed by atoms with E-state index in [1.54, 1.807) is 16.8 Å². The fourth-order valence-corrected chi connectivity index (χ4v) is 5.16. The molecule has 0 spiro atoms. The Kier molecular flexibility index (Phi) is 6.40. The second-order valence-corrected chi connectivity index (χ2v) is 9.92. The first-order valence-electron chi connectivity index (χ1n) is 12.7. The molecule has 4 aromatic rings. The van der Waals surface area contributed by atoms with E-state index in [4.69, 9.17) is 9.47 Å². The van der Waals surface area contributed by atoms with Gasteiger partial charge in [-0.25, -0.2) is 19.9 Å². The molecule has 2 aliphatic heterocycles. The fraction of sp³-hybridized carbons (Fsp3) is 0.480. The zero-order valence-corrected chi connectivity index (χ0v) is 21.3. The summed E-state index contributed by atoms with van der Waals surface area (Å²) in [5, 5.41) is 7.12. The molecule has 5 bridgehead atoms. The van der Waals surface area contributed by atoms with Gasteiger partial charge in [0, 0.05) is 30.9 Å². The van der Waals surface area contributed by atoms with E-state index < -0.39 is 6.55 Å².